The first-order valence-corrected chi connectivity index (χ1v) is 4.08. The van der Waals surface area contributed by atoms with Gasteiger partial charge in [-0.2, -0.15) is 0 Å². The smallest absolute Gasteiger partial charge is 0.114 e. The molecule has 2 aromatic rings. The highest BCUT2D eigenvalue weighted by Gasteiger charge is 2.05. The van der Waals surface area contributed by atoms with Gasteiger partial charge in [0.25, 0.3) is 0 Å². The van der Waals surface area contributed by atoms with Gasteiger partial charge in [-0.25, -0.2) is 4.68 Å². The van der Waals surface area contributed by atoms with E-state index in [4.69, 9.17) is 23.2 Å². The lowest BCUT2D eigenvalue weighted by Crippen LogP contribution is -1.88. The highest BCUT2D eigenvalue weighted by Crippen LogP contribution is 2.25. The van der Waals surface area contributed by atoms with E-state index in [2.05, 4.69) is 10.3 Å². The van der Waals surface area contributed by atoms with Crippen molar-refractivity contribution in [3.05, 3.63) is 22.2 Å². The van der Waals surface area contributed by atoms with Crippen LogP contribution in [0.15, 0.2) is 12.1 Å². The second-order valence-electron chi connectivity index (χ2n) is 2.47. The van der Waals surface area contributed by atoms with Crippen LogP contribution in [-0.2, 0) is 7.05 Å². The number of halogens is 2. The van der Waals surface area contributed by atoms with E-state index in [1.165, 1.54) is 0 Å². The summed E-state index contributed by atoms with van der Waals surface area (Å²) in [6.45, 7) is 0. The van der Waals surface area contributed by atoms with Crippen LogP contribution in [0.1, 0.15) is 0 Å². The Kier molecular flexibility index (Phi) is 1.70. The second kappa shape index (κ2) is 2.61. The van der Waals surface area contributed by atoms with Crippen molar-refractivity contribution < 1.29 is 0 Å². The van der Waals surface area contributed by atoms with Crippen molar-refractivity contribution >= 4 is 34.2 Å². The van der Waals surface area contributed by atoms with E-state index < -0.39 is 0 Å². The number of nitrogens with zero attached hydrogens (tertiary/aromatic N) is 3. The molecule has 0 fully saturated rings. The number of hydrogen-bond acceptors (Lipinski definition) is 2. The van der Waals surface area contributed by atoms with E-state index in [-0.39, 0.29) is 0 Å². The quantitative estimate of drug-likeness (QED) is 0.655. The fraction of sp³-hybridized carbons (Fsp3) is 0.143. The molecule has 2 rings (SSSR count). The molecule has 1 aromatic carbocycles. The maximum atomic E-state index is 5.82. The Bertz CT molecular complexity index is 435. The van der Waals surface area contributed by atoms with E-state index >= 15 is 0 Å². The Morgan fingerprint density at radius 2 is 1.92 bits per heavy atom. The third-order valence-corrected chi connectivity index (χ3v) is 2.37. The molecule has 1 aromatic heterocycles. The van der Waals surface area contributed by atoms with Gasteiger partial charge in [0.2, 0.25) is 0 Å². The molecule has 0 N–H and O–H groups in total. The molecule has 62 valence electrons. The first-order chi connectivity index (χ1) is 5.68. The van der Waals surface area contributed by atoms with Crippen molar-refractivity contribution in [3.8, 4) is 0 Å². The first-order valence-electron chi connectivity index (χ1n) is 3.33. The van der Waals surface area contributed by atoms with Crippen LogP contribution in [0.2, 0.25) is 10.0 Å². The Morgan fingerprint density at radius 3 is 2.67 bits per heavy atom. The summed E-state index contributed by atoms with van der Waals surface area (Å²) < 4.78 is 1.65. The molecule has 0 aliphatic carbocycles. The number of fused-ring (bicyclic) bond motifs is 1. The van der Waals surface area contributed by atoms with Gasteiger partial charge in [-0.3, -0.25) is 0 Å². The van der Waals surface area contributed by atoms with Crippen LogP contribution in [0, 0.1) is 0 Å². The lowest BCUT2D eigenvalue weighted by Gasteiger charge is -1.95. The Hall–Kier alpha value is -0.800. The number of aromatic nitrogens is 3. The largest absolute Gasteiger partial charge is 0.248 e. The zero-order chi connectivity index (χ0) is 8.72. The van der Waals surface area contributed by atoms with Gasteiger partial charge in [-0.1, -0.05) is 28.4 Å². The molecule has 0 radical (unpaired) electrons. The number of aryl methyl sites for hydroxylation is 1. The molecule has 0 amide bonds. The topological polar surface area (TPSA) is 30.7 Å². The van der Waals surface area contributed by atoms with Gasteiger partial charge >= 0.3 is 0 Å². The molecule has 0 aliphatic heterocycles. The van der Waals surface area contributed by atoms with Crippen molar-refractivity contribution in [1.29, 1.82) is 0 Å². The van der Waals surface area contributed by atoms with Crippen LogP contribution in [-0.4, -0.2) is 15.0 Å². The van der Waals surface area contributed by atoms with Crippen molar-refractivity contribution in [2.45, 2.75) is 0 Å². The van der Waals surface area contributed by atoms with Crippen molar-refractivity contribution in [3.63, 3.8) is 0 Å². The minimum atomic E-state index is 0.504. The zero-order valence-electron chi connectivity index (χ0n) is 6.25. The lowest BCUT2D eigenvalue weighted by molar-refractivity contribution is 0.736. The highest BCUT2D eigenvalue weighted by atomic mass is 35.5. The molecule has 0 saturated carbocycles. The van der Waals surface area contributed by atoms with E-state index in [1.807, 2.05) is 0 Å². The first kappa shape index (κ1) is 7.83. The third kappa shape index (κ3) is 1.06. The molecule has 3 nitrogen and oxygen atoms in total. The monoisotopic (exact) mass is 201 g/mol. The minimum absolute atomic E-state index is 0.504. The van der Waals surface area contributed by atoms with Crippen LogP contribution in [0.25, 0.3) is 11.0 Å². The second-order valence-corrected chi connectivity index (χ2v) is 3.28. The summed E-state index contributed by atoms with van der Waals surface area (Å²) in [5, 5.41) is 8.74. The average Bonchev–Trinajstić information content (AvgIpc) is 2.35. The zero-order valence-corrected chi connectivity index (χ0v) is 7.76. The SMILES string of the molecule is Cn1nnc2cc(Cl)c(Cl)cc21. The van der Waals surface area contributed by atoms with Crippen LogP contribution in [0.3, 0.4) is 0 Å². The van der Waals surface area contributed by atoms with Crippen LogP contribution in [0.5, 0.6) is 0 Å². The molecule has 5 heteroatoms. The van der Waals surface area contributed by atoms with E-state index in [1.54, 1.807) is 23.9 Å². The van der Waals surface area contributed by atoms with Gasteiger partial charge in [-0.15, -0.1) is 5.10 Å². The molecule has 0 saturated heterocycles. The Labute approximate surface area is 78.9 Å². The fourth-order valence-electron chi connectivity index (χ4n) is 1.03. The Morgan fingerprint density at radius 1 is 1.25 bits per heavy atom. The van der Waals surface area contributed by atoms with Gasteiger partial charge in [0.1, 0.15) is 5.52 Å². The van der Waals surface area contributed by atoms with E-state index in [9.17, 15) is 0 Å². The molecule has 0 bridgehead atoms. The summed E-state index contributed by atoms with van der Waals surface area (Å²) in [4.78, 5) is 0. The maximum Gasteiger partial charge on any atom is 0.114 e. The molecule has 12 heavy (non-hydrogen) atoms. The summed E-state index contributed by atoms with van der Waals surface area (Å²) in [6, 6.07) is 3.45. The normalized spacial score (nSPS) is 10.9. The average molecular weight is 202 g/mol. The molecule has 0 atom stereocenters. The molecule has 0 unspecified atom stereocenters. The molecular weight excluding hydrogens is 197 g/mol. The summed E-state index contributed by atoms with van der Waals surface area (Å²) in [7, 11) is 1.81. The summed E-state index contributed by atoms with van der Waals surface area (Å²) >= 11 is 11.6. The predicted octanol–water partition coefficient (Wildman–Crippen LogP) is 2.28. The molecule has 0 spiro atoms. The minimum Gasteiger partial charge on any atom is -0.248 e. The van der Waals surface area contributed by atoms with E-state index in [0.717, 1.165) is 11.0 Å². The van der Waals surface area contributed by atoms with Gasteiger partial charge < -0.3 is 0 Å². The number of hydrogen-bond donors (Lipinski definition) is 0. The van der Waals surface area contributed by atoms with Crippen LogP contribution >= 0.6 is 23.2 Å². The number of benzene rings is 1. The van der Waals surface area contributed by atoms with Gasteiger partial charge in [0.05, 0.1) is 15.6 Å². The number of rotatable bonds is 0. The van der Waals surface area contributed by atoms with Crippen LogP contribution in [0.4, 0.5) is 0 Å². The van der Waals surface area contributed by atoms with Gasteiger partial charge in [-0.05, 0) is 12.1 Å². The van der Waals surface area contributed by atoms with E-state index in [0.29, 0.717) is 10.0 Å². The highest BCUT2D eigenvalue weighted by molar-refractivity contribution is 6.42. The molecular formula is C7H5Cl2N3. The standard InChI is InChI=1S/C7H5Cl2N3/c1-12-7-3-5(9)4(8)2-6(7)10-11-12/h2-3H,1H3. The van der Waals surface area contributed by atoms with Gasteiger partial charge in [0, 0.05) is 7.05 Å². The summed E-state index contributed by atoms with van der Waals surface area (Å²) in [5.74, 6) is 0. The fourth-order valence-corrected chi connectivity index (χ4v) is 1.34. The van der Waals surface area contributed by atoms with Crippen LogP contribution < -0.4 is 0 Å². The Balaban J connectivity index is 2.87. The third-order valence-electron chi connectivity index (χ3n) is 1.65. The summed E-state index contributed by atoms with van der Waals surface area (Å²) in [6.07, 6.45) is 0. The van der Waals surface area contributed by atoms with Crippen molar-refractivity contribution in [2.75, 3.05) is 0 Å². The maximum absolute atomic E-state index is 5.82. The molecule has 0 aliphatic rings. The van der Waals surface area contributed by atoms with Crippen molar-refractivity contribution in [1.82, 2.24) is 15.0 Å². The van der Waals surface area contributed by atoms with Gasteiger partial charge in [0.15, 0.2) is 0 Å². The van der Waals surface area contributed by atoms with Crippen molar-refractivity contribution in [2.24, 2.45) is 7.05 Å². The molecule has 1 heterocycles. The lowest BCUT2D eigenvalue weighted by atomic mass is 10.3. The predicted molar refractivity (Wildman–Crippen MR) is 48.5 cm³/mol. The summed E-state index contributed by atoms with van der Waals surface area (Å²) in [5.41, 5.74) is 1.64.